The number of nitrogens with zero attached hydrogens (tertiary/aromatic N) is 2. The molecule has 3 rings (SSSR count). The second kappa shape index (κ2) is 4.11. The molecular weight excluding hydrogens is 224 g/mol. The second-order valence-electron chi connectivity index (χ2n) is 4.29. The third kappa shape index (κ3) is 1.70. The molecule has 2 aromatic carbocycles. The minimum absolute atomic E-state index is 0.489. The van der Waals surface area contributed by atoms with Crippen LogP contribution in [0.2, 0.25) is 0 Å². The second-order valence-corrected chi connectivity index (χ2v) is 4.29. The van der Waals surface area contributed by atoms with Gasteiger partial charge in [-0.3, -0.25) is 4.79 Å². The number of aromatic nitrogens is 2. The molecule has 0 aliphatic heterocycles. The summed E-state index contributed by atoms with van der Waals surface area (Å²) in [5.74, 6) is 0. The fraction of sp³-hybridized carbons (Fsp3) is 0.0667. The van der Waals surface area contributed by atoms with Crippen molar-refractivity contribution in [2.24, 2.45) is 0 Å². The van der Waals surface area contributed by atoms with Crippen LogP contribution >= 0.6 is 0 Å². The lowest BCUT2D eigenvalue weighted by atomic mass is 10.1. The van der Waals surface area contributed by atoms with Crippen molar-refractivity contribution in [3.63, 3.8) is 0 Å². The predicted molar refractivity (Wildman–Crippen MR) is 71.2 cm³/mol. The predicted octanol–water partition coefficient (Wildman–Crippen LogP) is 3.15. The lowest BCUT2D eigenvalue weighted by Crippen LogP contribution is -1.95. The molecule has 3 nitrogen and oxygen atoms in total. The van der Waals surface area contributed by atoms with Gasteiger partial charge in [0.15, 0.2) is 6.29 Å². The van der Waals surface area contributed by atoms with Crippen molar-refractivity contribution in [2.75, 3.05) is 0 Å². The molecule has 0 bridgehead atoms. The van der Waals surface area contributed by atoms with Crippen LogP contribution in [0.3, 0.4) is 0 Å². The largest absolute Gasteiger partial charge is 0.296 e. The highest BCUT2D eigenvalue weighted by molar-refractivity contribution is 5.84. The zero-order valence-electron chi connectivity index (χ0n) is 10.00. The molecule has 3 aromatic rings. The summed E-state index contributed by atoms with van der Waals surface area (Å²) in [6.07, 6.45) is 2.65. The van der Waals surface area contributed by atoms with Crippen LogP contribution in [0.25, 0.3) is 16.5 Å². The molecule has 1 aromatic heterocycles. The topological polar surface area (TPSA) is 34.9 Å². The number of aldehydes is 1. The molecular formula is C15H12N2O. The van der Waals surface area contributed by atoms with Gasteiger partial charge in [0.2, 0.25) is 0 Å². The van der Waals surface area contributed by atoms with Gasteiger partial charge in [0.05, 0.1) is 5.69 Å². The number of carbonyl (C=O) groups excluding carboxylic acids is 1. The Morgan fingerprint density at radius 1 is 1.11 bits per heavy atom. The van der Waals surface area contributed by atoms with Crippen molar-refractivity contribution in [1.82, 2.24) is 9.78 Å². The summed E-state index contributed by atoms with van der Waals surface area (Å²) in [4.78, 5) is 10.8. The molecule has 0 atom stereocenters. The van der Waals surface area contributed by atoms with E-state index in [-0.39, 0.29) is 0 Å². The third-order valence-electron chi connectivity index (χ3n) is 3.04. The Morgan fingerprint density at radius 3 is 2.61 bits per heavy atom. The molecule has 88 valence electrons. The van der Waals surface area contributed by atoms with Gasteiger partial charge in [-0.05, 0) is 35.4 Å². The lowest BCUT2D eigenvalue weighted by molar-refractivity contribution is 0.111. The van der Waals surface area contributed by atoms with E-state index in [0.29, 0.717) is 5.69 Å². The molecule has 0 radical (unpaired) electrons. The van der Waals surface area contributed by atoms with E-state index in [2.05, 4.69) is 29.4 Å². The Balaban J connectivity index is 2.15. The molecule has 3 heteroatoms. The average molecular weight is 236 g/mol. The van der Waals surface area contributed by atoms with E-state index in [1.807, 2.05) is 31.3 Å². The van der Waals surface area contributed by atoms with Crippen LogP contribution in [-0.2, 0) is 0 Å². The van der Waals surface area contributed by atoms with Gasteiger partial charge in [-0.2, -0.15) is 5.10 Å². The highest BCUT2D eigenvalue weighted by Crippen LogP contribution is 2.18. The SMILES string of the molecule is Cc1cn(-c2ccc3ccccc3c2)nc1C=O. The van der Waals surface area contributed by atoms with Gasteiger partial charge in [0.25, 0.3) is 0 Å². The molecule has 0 aliphatic rings. The Hall–Kier alpha value is -2.42. The number of aryl methyl sites for hydroxylation is 1. The molecule has 0 saturated heterocycles. The summed E-state index contributed by atoms with van der Waals surface area (Å²) in [6, 6.07) is 14.3. The van der Waals surface area contributed by atoms with Crippen molar-refractivity contribution in [3.8, 4) is 5.69 Å². The fourth-order valence-corrected chi connectivity index (χ4v) is 2.04. The number of carbonyl (C=O) groups is 1. The first-order chi connectivity index (χ1) is 8.78. The molecule has 0 aliphatic carbocycles. The van der Waals surface area contributed by atoms with Crippen LogP contribution in [0.5, 0.6) is 0 Å². The van der Waals surface area contributed by atoms with E-state index in [1.54, 1.807) is 4.68 Å². The van der Waals surface area contributed by atoms with Gasteiger partial charge in [0, 0.05) is 6.20 Å². The van der Waals surface area contributed by atoms with E-state index in [0.717, 1.165) is 22.9 Å². The maximum Gasteiger partial charge on any atom is 0.170 e. The van der Waals surface area contributed by atoms with Gasteiger partial charge in [-0.25, -0.2) is 4.68 Å². The van der Waals surface area contributed by atoms with Crippen LogP contribution in [0.15, 0.2) is 48.7 Å². The molecule has 18 heavy (non-hydrogen) atoms. The molecule has 0 fully saturated rings. The smallest absolute Gasteiger partial charge is 0.170 e. The minimum atomic E-state index is 0.489. The molecule has 0 saturated carbocycles. The monoisotopic (exact) mass is 236 g/mol. The Kier molecular flexibility index (Phi) is 2.45. The van der Waals surface area contributed by atoms with Gasteiger partial charge >= 0.3 is 0 Å². The van der Waals surface area contributed by atoms with Gasteiger partial charge < -0.3 is 0 Å². The number of benzene rings is 2. The van der Waals surface area contributed by atoms with E-state index in [9.17, 15) is 4.79 Å². The van der Waals surface area contributed by atoms with Crippen molar-refractivity contribution in [2.45, 2.75) is 6.92 Å². The van der Waals surface area contributed by atoms with Gasteiger partial charge in [-0.15, -0.1) is 0 Å². The van der Waals surface area contributed by atoms with Crippen molar-refractivity contribution >= 4 is 17.1 Å². The van der Waals surface area contributed by atoms with Crippen molar-refractivity contribution in [3.05, 3.63) is 59.9 Å². The number of hydrogen-bond acceptors (Lipinski definition) is 2. The summed E-state index contributed by atoms with van der Waals surface area (Å²) in [6.45, 7) is 1.88. The van der Waals surface area contributed by atoms with Crippen molar-refractivity contribution in [1.29, 1.82) is 0 Å². The zero-order chi connectivity index (χ0) is 12.5. The number of hydrogen-bond donors (Lipinski definition) is 0. The number of rotatable bonds is 2. The van der Waals surface area contributed by atoms with Gasteiger partial charge in [-0.1, -0.05) is 30.3 Å². The highest BCUT2D eigenvalue weighted by atomic mass is 16.1. The average Bonchev–Trinajstić information content (AvgIpc) is 2.79. The van der Waals surface area contributed by atoms with Crippen LogP contribution in [0, 0.1) is 6.92 Å². The van der Waals surface area contributed by atoms with E-state index in [1.165, 1.54) is 5.39 Å². The maximum absolute atomic E-state index is 10.8. The first-order valence-corrected chi connectivity index (χ1v) is 5.78. The Labute approximate surface area is 105 Å². The first kappa shape index (κ1) is 10.7. The lowest BCUT2D eigenvalue weighted by Gasteiger charge is -2.03. The fourth-order valence-electron chi connectivity index (χ4n) is 2.04. The van der Waals surface area contributed by atoms with E-state index >= 15 is 0 Å². The Morgan fingerprint density at radius 2 is 1.89 bits per heavy atom. The number of fused-ring (bicyclic) bond motifs is 1. The molecule has 0 spiro atoms. The molecule has 0 amide bonds. The normalized spacial score (nSPS) is 10.7. The highest BCUT2D eigenvalue weighted by Gasteiger charge is 2.05. The third-order valence-corrected chi connectivity index (χ3v) is 3.04. The Bertz CT molecular complexity index is 728. The van der Waals surface area contributed by atoms with Crippen LogP contribution < -0.4 is 0 Å². The van der Waals surface area contributed by atoms with E-state index in [4.69, 9.17) is 0 Å². The van der Waals surface area contributed by atoms with Crippen LogP contribution in [0.1, 0.15) is 16.1 Å². The van der Waals surface area contributed by atoms with Crippen LogP contribution in [0.4, 0.5) is 0 Å². The summed E-state index contributed by atoms with van der Waals surface area (Å²) in [5.41, 5.74) is 2.34. The summed E-state index contributed by atoms with van der Waals surface area (Å²) >= 11 is 0. The zero-order valence-corrected chi connectivity index (χ0v) is 10.00. The quantitative estimate of drug-likeness (QED) is 0.641. The van der Waals surface area contributed by atoms with Gasteiger partial charge in [0.1, 0.15) is 5.69 Å². The first-order valence-electron chi connectivity index (χ1n) is 5.78. The minimum Gasteiger partial charge on any atom is -0.296 e. The maximum atomic E-state index is 10.8. The summed E-state index contributed by atoms with van der Waals surface area (Å²) in [5, 5.41) is 6.61. The summed E-state index contributed by atoms with van der Waals surface area (Å²) < 4.78 is 1.74. The summed E-state index contributed by atoms with van der Waals surface area (Å²) in [7, 11) is 0. The van der Waals surface area contributed by atoms with Crippen molar-refractivity contribution < 1.29 is 4.79 Å². The van der Waals surface area contributed by atoms with E-state index < -0.39 is 0 Å². The van der Waals surface area contributed by atoms with Crippen LogP contribution in [-0.4, -0.2) is 16.1 Å². The molecule has 0 unspecified atom stereocenters. The standard InChI is InChI=1S/C15H12N2O/c1-11-9-17(16-15(11)10-18)14-7-6-12-4-2-3-5-13(12)8-14/h2-10H,1H3. The molecule has 1 heterocycles. The molecule has 0 N–H and O–H groups in total.